The summed E-state index contributed by atoms with van der Waals surface area (Å²) in [6.45, 7) is 4.70. The zero-order chi connectivity index (χ0) is 47.0. The number of hydrogen-bond acceptors (Lipinski definition) is 6. The first-order chi connectivity index (χ1) is 31.1. The molecule has 0 fully saturated rings. The average Bonchev–Trinajstić information content (AvgIpc) is 3.26. The summed E-state index contributed by atoms with van der Waals surface area (Å²) >= 11 is 0. The Morgan fingerprint density at radius 3 is 1.25 bits per heavy atom. The quantitative estimate of drug-likeness (QED) is 0.0281. The molecule has 0 saturated heterocycles. The van der Waals surface area contributed by atoms with Crippen LogP contribution in [0.25, 0.3) is 0 Å². The molecular weight excluding hydrogens is 799 g/mol. The summed E-state index contributed by atoms with van der Waals surface area (Å²) in [5, 5.41) is 9.66. The second-order valence-electron chi connectivity index (χ2n) is 18.8. The first-order valence-corrected chi connectivity index (χ1v) is 26.3. The molecule has 0 rings (SSSR count). The van der Waals surface area contributed by atoms with Crippen LogP contribution in [0.3, 0.4) is 0 Å². The fourth-order valence-corrected chi connectivity index (χ4v) is 7.54. The maximum atomic E-state index is 12.8. The van der Waals surface area contributed by atoms with E-state index >= 15 is 0 Å². The molecule has 0 aliphatic heterocycles. The van der Waals surface area contributed by atoms with Gasteiger partial charge in [0.1, 0.15) is 6.61 Å². The Hall–Kier alpha value is -2.97. The van der Waals surface area contributed by atoms with Gasteiger partial charge < -0.3 is 23.8 Å². The van der Waals surface area contributed by atoms with E-state index in [9.17, 15) is 19.5 Å². The van der Waals surface area contributed by atoms with Gasteiger partial charge in [-0.3, -0.25) is 9.59 Å². The molecule has 0 heterocycles. The van der Waals surface area contributed by atoms with Crippen molar-refractivity contribution in [2.75, 3.05) is 41.0 Å². The molecule has 0 aliphatic carbocycles. The molecule has 0 amide bonds. The summed E-state index contributed by atoms with van der Waals surface area (Å²) in [6, 6.07) is -0.620. The summed E-state index contributed by atoms with van der Waals surface area (Å²) in [5.74, 6) is -1.49. The van der Waals surface area contributed by atoms with E-state index < -0.39 is 18.1 Å². The predicted octanol–water partition coefficient (Wildman–Crippen LogP) is 15.3. The van der Waals surface area contributed by atoms with Gasteiger partial charge in [-0.25, -0.2) is 4.79 Å². The number of rotatable bonds is 47. The monoisotopic (exact) mass is 899 g/mol. The van der Waals surface area contributed by atoms with Crippen molar-refractivity contribution in [3.63, 3.8) is 0 Å². The molecule has 2 unspecified atom stereocenters. The second-order valence-corrected chi connectivity index (χ2v) is 18.8. The maximum absolute atomic E-state index is 12.8. The Balaban J connectivity index is 4.27. The topological polar surface area (TPSA) is 99.1 Å². The molecule has 370 valence electrons. The Labute approximate surface area is 394 Å². The maximum Gasteiger partial charge on any atom is 0.362 e. The number of carboxylic acid groups (broad SMARTS) is 1. The smallest absolute Gasteiger partial charge is 0.362 e. The molecule has 0 aromatic carbocycles. The summed E-state index contributed by atoms with van der Waals surface area (Å²) in [4.78, 5) is 37.2. The molecule has 8 heteroatoms. The number of quaternary nitrogens is 1. The van der Waals surface area contributed by atoms with E-state index in [1.54, 1.807) is 0 Å². The number of nitrogens with zero attached hydrogens (tertiary/aromatic N) is 1. The first-order valence-electron chi connectivity index (χ1n) is 26.3. The fraction of sp³-hybridized carbons (Fsp3) is 0.768. The van der Waals surface area contributed by atoms with Gasteiger partial charge in [-0.15, -0.1) is 0 Å². The van der Waals surface area contributed by atoms with E-state index in [-0.39, 0.29) is 36.2 Å². The molecule has 1 N–H and O–H groups in total. The first kappa shape index (κ1) is 61.0. The highest BCUT2D eigenvalue weighted by Gasteiger charge is 2.31. The van der Waals surface area contributed by atoms with Crippen LogP contribution in [0.1, 0.15) is 226 Å². The fourth-order valence-electron chi connectivity index (χ4n) is 7.54. The van der Waals surface area contributed by atoms with Crippen LogP contribution in [0.4, 0.5) is 0 Å². The van der Waals surface area contributed by atoms with Crippen molar-refractivity contribution in [3.8, 4) is 0 Å². The number of esters is 2. The van der Waals surface area contributed by atoms with Crippen molar-refractivity contribution in [1.82, 2.24) is 0 Å². The van der Waals surface area contributed by atoms with Crippen molar-refractivity contribution in [3.05, 3.63) is 60.8 Å². The normalized spacial score (nSPS) is 13.3. The number of aliphatic carboxylic acids is 1. The molecule has 0 bridgehead atoms. The largest absolute Gasteiger partial charge is 0.477 e. The van der Waals surface area contributed by atoms with Crippen molar-refractivity contribution in [1.29, 1.82) is 0 Å². The zero-order valence-electron chi connectivity index (χ0n) is 42.2. The number of carboxylic acids is 1. The lowest BCUT2D eigenvalue weighted by atomic mass is 10.1. The van der Waals surface area contributed by atoms with Crippen LogP contribution in [0.15, 0.2) is 60.8 Å². The van der Waals surface area contributed by atoms with E-state index in [1.165, 1.54) is 122 Å². The lowest BCUT2D eigenvalue weighted by Crippen LogP contribution is -2.50. The van der Waals surface area contributed by atoms with E-state index in [0.29, 0.717) is 19.3 Å². The van der Waals surface area contributed by atoms with Crippen molar-refractivity contribution in [2.24, 2.45) is 0 Å². The third-order valence-electron chi connectivity index (χ3n) is 11.6. The highest BCUT2D eigenvalue weighted by atomic mass is 16.6. The number of unbranched alkanes of at least 4 members (excludes halogenated alkanes) is 23. The SMILES string of the molecule is CCCCC/C=C\C/C=C\C/C=C\CCCCCCCCC(=O)OC(COCCC(C(=O)O)[N+](C)(C)C)COC(=O)CCCCCCCCCCC/C=C\C/C=C\CCCCCCC. The number of allylic oxidation sites excluding steroid dienone is 10. The van der Waals surface area contributed by atoms with E-state index in [1.807, 2.05) is 21.1 Å². The lowest BCUT2D eigenvalue weighted by Gasteiger charge is -2.31. The minimum Gasteiger partial charge on any atom is -0.477 e. The summed E-state index contributed by atoms with van der Waals surface area (Å²) in [6.07, 6.45) is 58.3. The van der Waals surface area contributed by atoms with Gasteiger partial charge in [0.15, 0.2) is 12.1 Å². The van der Waals surface area contributed by atoms with Gasteiger partial charge in [0, 0.05) is 19.3 Å². The van der Waals surface area contributed by atoms with Gasteiger partial charge in [-0.05, 0) is 83.5 Å². The third-order valence-corrected chi connectivity index (χ3v) is 11.6. The summed E-state index contributed by atoms with van der Waals surface area (Å²) < 4.78 is 17.4. The molecule has 0 aliphatic rings. The summed E-state index contributed by atoms with van der Waals surface area (Å²) in [7, 11) is 5.53. The minimum absolute atomic E-state index is 0.0530. The van der Waals surface area contributed by atoms with Crippen molar-refractivity contribution < 1.29 is 38.2 Å². The molecular formula is C56H100NO7+. The number of hydrogen-bond donors (Lipinski definition) is 1. The Bertz CT molecular complexity index is 1230. The Morgan fingerprint density at radius 2 is 0.828 bits per heavy atom. The van der Waals surface area contributed by atoms with Crippen LogP contribution >= 0.6 is 0 Å². The highest BCUT2D eigenvalue weighted by Crippen LogP contribution is 2.15. The average molecular weight is 899 g/mol. The van der Waals surface area contributed by atoms with Crippen molar-refractivity contribution in [2.45, 2.75) is 238 Å². The van der Waals surface area contributed by atoms with Crippen LogP contribution in [0, 0.1) is 0 Å². The molecule has 64 heavy (non-hydrogen) atoms. The number of ether oxygens (including phenoxy) is 3. The van der Waals surface area contributed by atoms with Crippen LogP contribution in [0.5, 0.6) is 0 Å². The molecule has 8 nitrogen and oxygen atoms in total. The van der Waals surface area contributed by atoms with Crippen LogP contribution in [0.2, 0.25) is 0 Å². The summed E-state index contributed by atoms with van der Waals surface area (Å²) in [5.41, 5.74) is 0. The van der Waals surface area contributed by atoms with Crippen LogP contribution in [-0.2, 0) is 28.6 Å². The minimum atomic E-state index is -0.878. The van der Waals surface area contributed by atoms with Gasteiger partial charge in [-0.1, -0.05) is 184 Å². The van der Waals surface area contributed by atoms with Crippen molar-refractivity contribution >= 4 is 17.9 Å². The lowest BCUT2D eigenvalue weighted by molar-refractivity contribution is -0.887. The van der Waals surface area contributed by atoms with Gasteiger partial charge in [0.2, 0.25) is 0 Å². The number of carbonyl (C=O) groups excluding carboxylic acids is 2. The van der Waals surface area contributed by atoms with Gasteiger partial charge >= 0.3 is 17.9 Å². The second kappa shape index (κ2) is 46.6. The van der Waals surface area contributed by atoms with E-state index in [4.69, 9.17) is 14.2 Å². The van der Waals surface area contributed by atoms with Gasteiger partial charge in [0.05, 0.1) is 34.4 Å². The standard InChI is InChI=1S/C56H99NO7/c1-6-8-10-12-14-16-18-20-22-24-26-27-29-30-32-34-36-38-40-42-44-46-54(58)63-51-52(50-62-49-48-53(56(60)61)57(3,4)5)64-55(59)47-45-43-41-39-37-35-33-31-28-25-23-21-19-17-15-13-11-9-7-2/h15,17-18,20-21,23-24,26,28,31,52-53H,6-14,16,19,22,25,27,29-30,32-51H2,1-5H3/p+1/b17-15-,20-18-,23-21-,26-24-,31-28-. The van der Waals surface area contributed by atoms with Crippen LogP contribution in [-0.4, -0.2) is 80.6 Å². The van der Waals surface area contributed by atoms with E-state index in [0.717, 1.165) is 70.6 Å². The Kier molecular flexibility index (Phi) is 44.4. The highest BCUT2D eigenvalue weighted by molar-refractivity contribution is 5.72. The van der Waals surface area contributed by atoms with Crippen LogP contribution < -0.4 is 0 Å². The molecule has 0 saturated carbocycles. The third kappa shape index (κ3) is 44.2. The van der Waals surface area contributed by atoms with E-state index in [2.05, 4.69) is 74.6 Å². The van der Waals surface area contributed by atoms with Gasteiger partial charge in [-0.2, -0.15) is 0 Å². The predicted molar refractivity (Wildman–Crippen MR) is 271 cm³/mol. The molecule has 0 radical (unpaired) electrons. The molecule has 0 aromatic heterocycles. The molecule has 0 aromatic rings. The zero-order valence-corrected chi connectivity index (χ0v) is 42.2. The number of carbonyl (C=O) groups is 3. The Morgan fingerprint density at radius 1 is 0.469 bits per heavy atom. The van der Waals surface area contributed by atoms with Gasteiger partial charge in [0.25, 0.3) is 0 Å². The molecule has 2 atom stereocenters. The number of likely N-dealkylation sites (N-methyl/N-ethyl adjacent to an activating group) is 1. The molecule has 0 spiro atoms.